The van der Waals surface area contributed by atoms with Crippen molar-refractivity contribution in [3.8, 4) is 17.1 Å². The zero-order chi connectivity index (χ0) is 24.9. The van der Waals surface area contributed by atoms with Crippen molar-refractivity contribution in [1.29, 1.82) is 0 Å². The molecule has 0 aliphatic carbocycles. The molecule has 1 fully saturated rings. The normalized spacial score (nSPS) is 17.7. The maximum Gasteiger partial charge on any atom is 0.270 e. The van der Waals surface area contributed by atoms with Gasteiger partial charge in [0.1, 0.15) is 17.9 Å². The Labute approximate surface area is 200 Å². The Balaban J connectivity index is 1.40. The third-order valence-electron chi connectivity index (χ3n) is 5.35. The Morgan fingerprint density at radius 3 is 2.77 bits per heavy atom. The van der Waals surface area contributed by atoms with Crippen LogP contribution in [0, 0.1) is 12.7 Å². The average molecular weight is 484 g/mol. The number of nitrogens with one attached hydrogen (secondary N) is 1. The zero-order valence-corrected chi connectivity index (χ0v) is 19.5. The van der Waals surface area contributed by atoms with E-state index in [0.717, 1.165) is 0 Å². The number of aromatic nitrogens is 5. The number of methoxy groups -OCH3 is 1. The summed E-state index contributed by atoms with van der Waals surface area (Å²) in [6, 6.07) is 7.70. The van der Waals surface area contributed by atoms with Crippen molar-refractivity contribution in [2.24, 2.45) is 0 Å². The van der Waals surface area contributed by atoms with Crippen molar-refractivity contribution in [2.45, 2.75) is 39.1 Å². The molecule has 0 radical (unpaired) electrons. The summed E-state index contributed by atoms with van der Waals surface area (Å²) in [5.41, 5.74) is 2.05. The standard InChI is InChI=1S/C23H25FN6O5/c1-13-6-16(22-27-29-30(28-22)10-17-11-35-21(12-34-17)14(2)31)8-19(26-13)23(32)25-9-15-4-5-18(24)20(7-15)33-3/h4-8,17,21H,9-12H2,1-3H3,(H,25,32)/t17-,21-/m1/s1. The molecule has 12 heteroatoms. The summed E-state index contributed by atoms with van der Waals surface area (Å²) >= 11 is 0. The molecule has 35 heavy (non-hydrogen) atoms. The van der Waals surface area contributed by atoms with E-state index < -0.39 is 17.8 Å². The van der Waals surface area contributed by atoms with E-state index in [4.69, 9.17) is 14.2 Å². The fourth-order valence-electron chi connectivity index (χ4n) is 3.50. The lowest BCUT2D eigenvalue weighted by molar-refractivity contribution is -0.159. The van der Waals surface area contributed by atoms with Crippen LogP contribution < -0.4 is 10.1 Å². The summed E-state index contributed by atoms with van der Waals surface area (Å²) in [6.07, 6.45) is -0.849. The molecule has 3 aromatic rings. The van der Waals surface area contributed by atoms with Gasteiger partial charge in [0, 0.05) is 17.8 Å². The Kier molecular flexibility index (Phi) is 7.42. The molecule has 0 unspecified atom stereocenters. The summed E-state index contributed by atoms with van der Waals surface area (Å²) < 4.78 is 29.7. The highest BCUT2D eigenvalue weighted by Gasteiger charge is 2.26. The van der Waals surface area contributed by atoms with Crippen LogP contribution in [0.15, 0.2) is 30.3 Å². The van der Waals surface area contributed by atoms with Gasteiger partial charge in [-0.3, -0.25) is 9.59 Å². The molecule has 1 aromatic carbocycles. The molecule has 11 nitrogen and oxygen atoms in total. The summed E-state index contributed by atoms with van der Waals surface area (Å²) in [4.78, 5) is 29.8. The van der Waals surface area contributed by atoms with E-state index in [0.29, 0.717) is 29.2 Å². The molecule has 3 heterocycles. The summed E-state index contributed by atoms with van der Waals surface area (Å²) in [5, 5.41) is 15.3. The highest BCUT2D eigenvalue weighted by molar-refractivity contribution is 5.93. The van der Waals surface area contributed by atoms with Gasteiger partial charge in [0.25, 0.3) is 5.91 Å². The predicted molar refractivity (Wildman–Crippen MR) is 120 cm³/mol. The van der Waals surface area contributed by atoms with E-state index in [9.17, 15) is 14.0 Å². The number of Topliss-reactive ketones (excluding diaryl/α,β-unsaturated/α-hetero) is 1. The van der Waals surface area contributed by atoms with Crippen molar-refractivity contribution in [3.05, 3.63) is 53.1 Å². The van der Waals surface area contributed by atoms with Crippen molar-refractivity contribution in [1.82, 2.24) is 30.5 Å². The minimum absolute atomic E-state index is 0.0742. The first kappa shape index (κ1) is 24.4. The minimum Gasteiger partial charge on any atom is -0.494 e. The topological polar surface area (TPSA) is 130 Å². The van der Waals surface area contributed by atoms with Crippen LogP contribution in [0.4, 0.5) is 4.39 Å². The predicted octanol–water partition coefficient (Wildman–Crippen LogP) is 1.49. The molecular weight excluding hydrogens is 459 g/mol. The number of hydrogen-bond donors (Lipinski definition) is 1. The Bertz CT molecular complexity index is 1220. The number of pyridine rings is 1. The van der Waals surface area contributed by atoms with Gasteiger partial charge >= 0.3 is 0 Å². The molecule has 4 rings (SSSR count). The Hall–Kier alpha value is -3.77. The molecule has 2 aromatic heterocycles. The summed E-state index contributed by atoms with van der Waals surface area (Å²) in [5.74, 6) is -0.527. The first-order valence-corrected chi connectivity index (χ1v) is 10.9. The van der Waals surface area contributed by atoms with Crippen molar-refractivity contribution in [2.75, 3.05) is 20.3 Å². The van der Waals surface area contributed by atoms with Crippen LogP contribution in [0.1, 0.15) is 28.7 Å². The van der Waals surface area contributed by atoms with E-state index in [1.807, 2.05) is 0 Å². The highest BCUT2D eigenvalue weighted by Crippen LogP contribution is 2.19. The summed E-state index contributed by atoms with van der Waals surface area (Å²) in [6.45, 7) is 4.13. The van der Waals surface area contributed by atoms with E-state index in [1.54, 1.807) is 25.1 Å². The lowest BCUT2D eigenvalue weighted by atomic mass is 10.1. The highest BCUT2D eigenvalue weighted by atomic mass is 19.1. The third-order valence-corrected chi connectivity index (χ3v) is 5.35. The molecule has 184 valence electrons. The second-order valence-electron chi connectivity index (χ2n) is 8.09. The molecular formula is C23H25FN6O5. The van der Waals surface area contributed by atoms with Crippen LogP contribution in [0.2, 0.25) is 0 Å². The van der Waals surface area contributed by atoms with Crippen LogP contribution >= 0.6 is 0 Å². The molecule has 1 aliphatic rings. The number of rotatable bonds is 8. The fraction of sp³-hybridized carbons (Fsp3) is 0.391. The molecule has 0 spiro atoms. The summed E-state index contributed by atoms with van der Waals surface area (Å²) in [7, 11) is 1.38. The average Bonchev–Trinajstić information content (AvgIpc) is 3.31. The minimum atomic E-state index is -0.542. The Morgan fingerprint density at radius 2 is 2.06 bits per heavy atom. The second kappa shape index (κ2) is 10.7. The molecule has 1 amide bonds. The lowest BCUT2D eigenvalue weighted by Crippen LogP contribution is -2.41. The third kappa shape index (κ3) is 6.03. The Morgan fingerprint density at radius 1 is 1.23 bits per heavy atom. The van der Waals surface area contributed by atoms with Gasteiger partial charge < -0.3 is 19.5 Å². The van der Waals surface area contributed by atoms with Crippen molar-refractivity contribution < 1.29 is 28.2 Å². The van der Waals surface area contributed by atoms with Gasteiger partial charge in [0.05, 0.1) is 26.9 Å². The first-order chi connectivity index (χ1) is 16.8. The molecule has 2 atom stereocenters. The second-order valence-corrected chi connectivity index (χ2v) is 8.09. The lowest BCUT2D eigenvalue weighted by Gasteiger charge is -2.27. The maximum atomic E-state index is 13.6. The van der Waals surface area contributed by atoms with Gasteiger partial charge in [0.2, 0.25) is 5.82 Å². The molecule has 1 saturated heterocycles. The number of carbonyl (C=O) groups is 2. The van der Waals surface area contributed by atoms with E-state index in [-0.39, 0.29) is 43.1 Å². The molecule has 1 N–H and O–H groups in total. The maximum absolute atomic E-state index is 13.6. The van der Waals surface area contributed by atoms with Crippen LogP contribution in [-0.4, -0.2) is 69.4 Å². The van der Waals surface area contributed by atoms with Crippen LogP contribution in [0.5, 0.6) is 5.75 Å². The first-order valence-electron chi connectivity index (χ1n) is 10.9. The monoisotopic (exact) mass is 484 g/mol. The largest absolute Gasteiger partial charge is 0.494 e. The zero-order valence-electron chi connectivity index (χ0n) is 19.5. The van der Waals surface area contributed by atoms with Crippen molar-refractivity contribution >= 4 is 11.7 Å². The number of hydrogen-bond acceptors (Lipinski definition) is 9. The number of tetrazole rings is 1. The number of halogens is 1. The van der Waals surface area contributed by atoms with Crippen molar-refractivity contribution in [3.63, 3.8) is 0 Å². The number of benzene rings is 1. The molecule has 0 bridgehead atoms. The fourth-order valence-corrected chi connectivity index (χ4v) is 3.50. The van der Waals surface area contributed by atoms with Gasteiger partial charge in [-0.15, -0.1) is 10.2 Å². The van der Waals surface area contributed by atoms with Crippen LogP contribution in [-0.2, 0) is 27.4 Å². The smallest absolute Gasteiger partial charge is 0.270 e. The van der Waals surface area contributed by atoms with Gasteiger partial charge in [0.15, 0.2) is 17.3 Å². The van der Waals surface area contributed by atoms with Gasteiger partial charge in [-0.25, -0.2) is 9.37 Å². The van der Waals surface area contributed by atoms with Crippen LogP contribution in [0.25, 0.3) is 11.4 Å². The van der Waals surface area contributed by atoms with E-state index in [2.05, 4.69) is 25.7 Å². The van der Waals surface area contributed by atoms with Gasteiger partial charge in [-0.1, -0.05) is 6.07 Å². The number of aryl methyl sites for hydroxylation is 1. The number of carbonyl (C=O) groups excluding carboxylic acids is 2. The van der Waals surface area contributed by atoms with E-state index in [1.165, 1.54) is 31.0 Å². The quantitative estimate of drug-likeness (QED) is 0.505. The SMILES string of the molecule is COc1cc(CNC(=O)c2cc(-c3nnn(C[C@@H]4CO[C@@H](C(C)=O)CO4)n3)cc(C)n2)ccc1F. The number of nitrogens with zero attached hydrogens (tertiary/aromatic N) is 5. The van der Waals surface area contributed by atoms with E-state index >= 15 is 0 Å². The van der Waals surface area contributed by atoms with Gasteiger partial charge in [-0.2, -0.15) is 4.80 Å². The van der Waals surface area contributed by atoms with Crippen LogP contribution in [0.3, 0.4) is 0 Å². The number of amides is 1. The molecule has 0 saturated carbocycles. The van der Waals surface area contributed by atoms with Gasteiger partial charge in [-0.05, 0) is 48.9 Å². The number of ketones is 1. The number of ether oxygens (including phenoxy) is 3. The molecule has 1 aliphatic heterocycles.